The Balaban J connectivity index is 1.24. The van der Waals surface area contributed by atoms with E-state index in [1.807, 2.05) is 24.3 Å². The number of hydrogen-bond acceptors (Lipinski definition) is 7. The maximum atomic E-state index is 13.1. The quantitative estimate of drug-likeness (QED) is 0.297. The zero-order valence-corrected chi connectivity index (χ0v) is 18.9. The minimum absolute atomic E-state index is 0.277. The van der Waals surface area contributed by atoms with Crippen LogP contribution < -0.4 is 10.6 Å². The van der Waals surface area contributed by atoms with Gasteiger partial charge in [0.05, 0.1) is 26.1 Å². The normalized spacial score (nSPS) is 13.3. The van der Waals surface area contributed by atoms with Crippen molar-refractivity contribution in [3.8, 4) is 12.0 Å². The van der Waals surface area contributed by atoms with E-state index in [1.54, 1.807) is 29.8 Å². The number of halogens is 1. The van der Waals surface area contributed by atoms with E-state index in [9.17, 15) is 4.39 Å². The zero-order valence-electron chi connectivity index (χ0n) is 18.1. The van der Waals surface area contributed by atoms with Crippen molar-refractivity contribution in [2.75, 3.05) is 23.7 Å². The van der Waals surface area contributed by atoms with Gasteiger partial charge in [-0.3, -0.25) is 0 Å². The van der Waals surface area contributed by atoms with Crippen LogP contribution in [0.25, 0.3) is 21.3 Å². The highest BCUT2D eigenvalue weighted by atomic mass is 32.1. The molecule has 3 N–H and O–H groups in total. The number of nitrogens with zero attached hydrogens (tertiary/aromatic N) is 4. The summed E-state index contributed by atoms with van der Waals surface area (Å²) in [6.07, 6.45) is 3.99. The van der Waals surface area contributed by atoms with Gasteiger partial charge in [-0.05, 0) is 67.3 Å². The molecule has 3 aromatic heterocycles. The molecule has 0 amide bonds. The number of hydrogen-bond donors (Lipinski definition) is 3. The van der Waals surface area contributed by atoms with Gasteiger partial charge < -0.3 is 20.5 Å². The number of benzene rings is 2. The first-order chi connectivity index (χ1) is 16.7. The standard InChI is InChI=1S/C25H20FN7S/c26-16-3-5-17(6-4-16)30-25-31-20-8-7-18(13-21(20)32-25)29-24-23-22(27-15-28-24)14-19(34-23)9-12-33-10-1-2-11-33/h3-8,13-15H,1-2,10-11H2,(H,27,28,29)(H2,30,31,32). The summed E-state index contributed by atoms with van der Waals surface area (Å²) in [7, 11) is 0. The molecular weight excluding hydrogens is 449 g/mol. The number of likely N-dealkylation sites (tertiary alicyclic amines) is 1. The molecule has 168 valence electrons. The number of nitrogens with one attached hydrogen (secondary N) is 3. The highest BCUT2D eigenvalue weighted by Crippen LogP contribution is 2.31. The molecule has 1 fully saturated rings. The molecule has 0 aliphatic carbocycles. The van der Waals surface area contributed by atoms with Crippen LogP contribution in [0.5, 0.6) is 0 Å². The Morgan fingerprint density at radius 3 is 2.62 bits per heavy atom. The van der Waals surface area contributed by atoms with E-state index >= 15 is 0 Å². The Morgan fingerprint density at radius 2 is 1.76 bits per heavy atom. The second kappa shape index (κ2) is 8.65. The summed E-state index contributed by atoms with van der Waals surface area (Å²) >= 11 is 1.59. The first-order valence-corrected chi connectivity index (χ1v) is 11.8. The van der Waals surface area contributed by atoms with E-state index in [2.05, 4.69) is 47.4 Å². The van der Waals surface area contributed by atoms with Crippen molar-refractivity contribution in [1.82, 2.24) is 24.8 Å². The maximum Gasteiger partial charge on any atom is 0.205 e. The maximum absolute atomic E-state index is 13.1. The average molecular weight is 470 g/mol. The van der Waals surface area contributed by atoms with Crippen molar-refractivity contribution in [2.45, 2.75) is 12.8 Å². The van der Waals surface area contributed by atoms with Crippen LogP contribution in [0.15, 0.2) is 54.9 Å². The third kappa shape index (κ3) is 4.23. The first kappa shape index (κ1) is 20.4. The number of thiophene rings is 1. The molecule has 9 heteroatoms. The van der Waals surface area contributed by atoms with E-state index in [0.717, 1.165) is 56.4 Å². The zero-order chi connectivity index (χ0) is 22.9. The molecular formula is C25H20FN7S. The van der Waals surface area contributed by atoms with Crippen molar-refractivity contribution in [1.29, 1.82) is 0 Å². The molecule has 0 unspecified atom stereocenters. The van der Waals surface area contributed by atoms with Gasteiger partial charge in [0.1, 0.15) is 12.1 Å². The lowest BCUT2D eigenvalue weighted by Crippen LogP contribution is -2.10. The molecule has 1 aliphatic rings. The lowest BCUT2D eigenvalue weighted by molar-refractivity contribution is 0.496. The SMILES string of the molecule is Fc1ccc(Nc2nc3ccc(Nc4ncnc5cc(C#CN6CCCC6)sc45)cc3[nH]2)cc1. The van der Waals surface area contributed by atoms with Crippen LogP contribution in [0, 0.1) is 17.8 Å². The van der Waals surface area contributed by atoms with Crippen LogP contribution in [0.2, 0.25) is 0 Å². The van der Waals surface area contributed by atoms with Crippen LogP contribution in [-0.2, 0) is 0 Å². The molecule has 34 heavy (non-hydrogen) atoms. The van der Waals surface area contributed by atoms with Gasteiger partial charge in [-0.15, -0.1) is 11.3 Å². The third-order valence-electron chi connectivity index (χ3n) is 5.61. The molecule has 1 saturated heterocycles. The van der Waals surface area contributed by atoms with Crippen LogP contribution in [0.4, 0.5) is 27.5 Å². The molecule has 0 spiro atoms. The Labute approximate surface area is 199 Å². The summed E-state index contributed by atoms with van der Waals surface area (Å²) in [5, 5.41) is 6.57. The van der Waals surface area contributed by atoms with Crippen LogP contribution >= 0.6 is 11.3 Å². The summed E-state index contributed by atoms with van der Waals surface area (Å²) in [6, 6.07) is 17.3. The topological polar surface area (TPSA) is 81.8 Å². The average Bonchev–Trinajstić information content (AvgIpc) is 3.58. The van der Waals surface area contributed by atoms with Crippen LogP contribution in [-0.4, -0.2) is 37.9 Å². The fourth-order valence-electron chi connectivity index (χ4n) is 3.92. The largest absolute Gasteiger partial charge is 0.339 e. The lowest BCUT2D eigenvalue weighted by Gasteiger charge is -2.06. The summed E-state index contributed by atoms with van der Waals surface area (Å²) in [5.41, 5.74) is 4.19. The number of aromatic nitrogens is 4. The van der Waals surface area contributed by atoms with Crippen molar-refractivity contribution < 1.29 is 4.39 Å². The molecule has 0 radical (unpaired) electrons. The van der Waals surface area contributed by atoms with E-state index < -0.39 is 0 Å². The van der Waals surface area contributed by atoms with Crippen LogP contribution in [0.3, 0.4) is 0 Å². The van der Waals surface area contributed by atoms with Gasteiger partial charge in [-0.2, -0.15) is 0 Å². The van der Waals surface area contributed by atoms with E-state index in [-0.39, 0.29) is 5.82 Å². The monoisotopic (exact) mass is 469 g/mol. The number of imidazole rings is 1. The highest BCUT2D eigenvalue weighted by molar-refractivity contribution is 7.20. The van der Waals surface area contributed by atoms with Gasteiger partial charge in [0.2, 0.25) is 5.95 Å². The predicted molar refractivity (Wildman–Crippen MR) is 134 cm³/mol. The van der Waals surface area contributed by atoms with Gasteiger partial charge in [-0.25, -0.2) is 19.3 Å². The van der Waals surface area contributed by atoms with Gasteiger partial charge in [-0.1, -0.05) is 0 Å². The summed E-state index contributed by atoms with van der Waals surface area (Å²) < 4.78 is 14.1. The molecule has 1 aliphatic heterocycles. The molecule has 0 saturated carbocycles. The number of anilines is 4. The second-order valence-corrected chi connectivity index (χ2v) is 9.10. The molecule has 5 aromatic rings. The smallest absolute Gasteiger partial charge is 0.205 e. The van der Waals surface area contributed by atoms with Crippen molar-refractivity contribution >= 4 is 55.7 Å². The Morgan fingerprint density at radius 1 is 0.941 bits per heavy atom. The fraction of sp³-hybridized carbons (Fsp3) is 0.160. The Bertz CT molecular complexity index is 1540. The fourth-order valence-corrected chi connectivity index (χ4v) is 4.83. The molecule has 0 atom stereocenters. The van der Waals surface area contributed by atoms with Gasteiger partial charge in [0, 0.05) is 30.5 Å². The third-order valence-corrected chi connectivity index (χ3v) is 6.65. The van der Waals surface area contributed by atoms with E-state index in [4.69, 9.17) is 0 Å². The van der Waals surface area contributed by atoms with Crippen molar-refractivity contribution in [3.05, 3.63) is 65.6 Å². The highest BCUT2D eigenvalue weighted by Gasteiger charge is 2.11. The van der Waals surface area contributed by atoms with Crippen molar-refractivity contribution in [2.24, 2.45) is 0 Å². The van der Waals surface area contributed by atoms with Crippen molar-refractivity contribution in [3.63, 3.8) is 0 Å². The number of fused-ring (bicyclic) bond motifs is 2. The summed E-state index contributed by atoms with van der Waals surface area (Å²) in [6.45, 7) is 2.09. The molecule has 6 rings (SSSR count). The number of H-pyrrole nitrogens is 1. The number of rotatable bonds is 4. The minimum atomic E-state index is -0.277. The predicted octanol–water partition coefficient (Wildman–Crippen LogP) is 5.60. The Hall–Kier alpha value is -4.16. The van der Waals surface area contributed by atoms with Gasteiger partial charge in [0.25, 0.3) is 0 Å². The van der Waals surface area contributed by atoms with Gasteiger partial charge >= 0.3 is 0 Å². The summed E-state index contributed by atoms with van der Waals surface area (Å²) in [5.74, 6) is 4.33. The summed E-state index contributed by atoms with van der Waals surface area (Å²) in [4.78, 5) is 19.8. The first-order valence-electron chi connectivity index (χ1n) is 11.0. The molecule has 7 nitrogen and oxygen atoms in total. The number of aromatic amines is 1. The van der Waals surface area contributed by atoms with Crippen LogP contribution in [0.1, 0.15) is 17.7 Å². The Kier molecular flexibility index (Phi) is 5.20. The van der Waals surface area contributed by atoms with E-state index in [0.29, 0.717) is 5.95 Å². The molecule has 4 heterocycles. The molecule has 0 bridgehead atoms. The molecule has 2 aromatic carbocycles. The lowest BCUT2D eigenvalue weighted by atomic mass is 10.2. The minimum Gasteiger partial charge on any atom is -0.339 e. The second-order valence-electron chi connectivity index (χ2n) is 8.05. The van der Waals surface area contributed by atoms with Gasteiger partial charge in [0.15, 0.2) is 5.82 Å². The van der Waals surface area contributed by atoms with E-state index in [1.165, 1.54) is 25.0 Å².